The molecule has 2 aliphatic rings. The number of aliphatic hydroxyl groups is 1. The molecule has 2 aromatic carbocycles. The third-order valence-electron chi connectivity index (χ3n) is 5.68. The van der Waals surface area contributed by atoms with Crippen LogP contribution in [0.3, 0.4) is 0 Å². The van der Waals surface area contributed by atoms with Crippen molar-refractivity contribution in [3.8, 4) is 11.8 Å². The number of amides is 1. The molecule has 0 spiro atoms. The Hall–Kier alpha value is -2.73. The van der Waals surface area contributed by atoms with E-state index in [9.17, 15) is 22.7 Å². The number of hydrogen-bond donors (Lipinski definition) is 1. The van der Waals surface area contributed by atoms with Crippen LogP contribution < -0.4 is 0 Å². The van der Waals surface area contributed by atoms with Crippen molar-refractivity contribution in [2.45, 2.75) is 18.0 Å². The molecule has 2 aromatic rings. The van der Waals surface area contributed by atoms with Crippen molar-refractivity contribution in [2.24, 2.45) is 0 Å². The van der Waals surface area contributed by atoms with Crippen molar-refractivity contribution < 1.29 is 22.7 Å². The first-order chi connectivity index (χ1) is 14.3. The number of halogens is 1. The Morgan fingerprint density at radius 1 is 1.07 bits per heavy atom. The lowest BCUT2D eigenvalue weighted by molar-refractivity contribution is -0.158. The summed E-state index contributed by atoms with van der Waals surface area (Å²) in [6.07, 6.45) is 1.10. The van der Waals surface area contributed by atoms with Crippen molar-refractivity contribution in [3.63, 3.8) is 0 Å². The average Bonchev–Trinajstić information content (AvgIpc) is 2.69. The van der Waals surface area contributed by atoms with Crippen LogP contribution in [-0.4, -0.2) is 66.7 Å². The van der Waals surface area contributed by atoms with Crippen molar-refractivity contribution in [1.82, 2.24) is 9.21 Å². The number of benzene rings is 2. The van der Waals surface area contributed by atoms with Gasteiger partial charge in [0.15, 0.2) is 0 Å². The van der Waals surface area contributed by atoms with Gasteiger partial charge in [0.2, 0.25) is 15.9 Å². The Balaban J connectivity index is 1.54. The van der Waals surface area contributed by atoms with Gasteiger partial charge < -0.3 is 10.0 Å². The summed E-state index contributed by atoms with van der Waals surface area (Å²) >= 11 is 0. The van der Waals surface area contributed by atoms with Gasteiger partial charge in [-0.3, -0.25) is 4.79 Å². The zero-order valence-electron chi connectivity index (χ0n) is 16.3. The van der Waals surface area contributed by atoms with Crippen LogP contribution in [0.1, 0.15) is 22.6 Å². The summed E-state index contributed by atoms with van der Waals surface area (Å²) in [7, 11) is -3.47. The zero-order chi connectivity index (χ0) is 21.5. The molecule has 0 radical (unpaired) electrons. The lowest BCUT2D eigenvalue weighted by Crippen LogP contribution is -2.73. The summed E-state index contributed by atoms with van der Waals surface area (Å²) in [4.78, 5) is 14.0. The van der Waals surface area contributed by atoms with E-state index in [-0.39, 0.29) is 49.4 Å². The molecule has 6 nitrogen and oxygen atoms in total. The molecule has 2 heterocycles. The highest BCUT2D eigenvalue weighted by Gasteiger charge is 2.54. The van der Waals surface area contributed by atoms with Crippen molar-refractivity contribution in [2.75, 3.05) is 26.0 Å². The fourth-order valence-electron chi connectivity index (χ4n) is 4.19. The maximum Gasteiger partial charge on any atom is 0.238 e. The molecule has 0 aliphatic carbocycles. The summed E-state index contributed by atoms with van der Waals surface area (Å²) in [5.41, 5.74) is 2.40. The monoisotopic (exact) mass is 428 g/mol. The van der Waals surface area contributed by atoms with Crippen LogP contribution in [0.5, 0.6) is 0 Å². The maximum atomic E-state index is 13.0. The van der Waals surface area contributed by atoms with Gasteiger partial charge in [0, 0.05) is 23.6 Å². The van der Waals surface area contributed by atoms with Gasteiger partial charge in [-0.25, -0.2) is 12.8 Å². The van der Waals surface area contributed by atoms with Crippen molar-refractivity contribution >= 4 is 15.9 Å². The number of nitrogens with zero attached hydrogens (tertiary/aromatic N) is 2. The molecule has 156 valence electrons. The standard InChI is InChI=1S/C22H21FN2O4S/c1-30(28,29)24-12-19-22(20(14-26)25(19)21(27)13-24)17-8-4-15(5-9-17)2-3-16-6-10-18(23)11-7-16/h4-11,19-20,22,26H,12-14H2,1H3/t19-,20+,22-/m1/s1. The van der Waals surface area contributed by atoms with E-state index in [4.69, 9.17) is 0 Å². The summed E-state index contributed by atoms with van der Waals surface area (Å²) in [6.45, 7) is -0.147. The van der Waals surface area contributed by atoms with E-state index in [0.717, 1.165) is 17.4 Å². The molecule has 0 aromatic heterocycles. The van der Waals surface area contributed by atoms with E-state index in [1.165, 1.54) is 16.4 Å². The molecule has 4 rings (SSSR count). The zero-order valence-corrected chi connectivity index (χ0v) is 17.1. The highest BCUT2D eigenvalue weighted by atomic mass is 32.2. The smallest absolute Gasteiger partial charge is 0.238 e. The Bertz CT molecular complexity index is 1120. The van der Waals surface area contributed by atoms with Crippen LogP contribution in [0.15, 0.2) is 48.5 Å². The van der Waals surface area contributed by atoms with E-state index in [1.54, 1.807) is 17.0 Å². The van der Waals surface area contributed by atoms with Gasteiger partial charge in [-0.2, -0.15) is 4.31 Å². The number of fused-ring (bicyclic) bond motifs is 1. The van der Waals surface area contributed by atoms with Crippen molar-refractivity contribution in [3.05, 3.63) is 71.0 Å². The second-order valence-electron chi connectivity index (χ2n) is 7.58. The number of rotatable bonds is 3. The molecule has 3 atom stereocenters. The molecule has 8 heteroatoms. The van der Waals surface area contributed by atoms with Gasteiger partial charge in [0.25, 0.3) is 0 Å². The van der Waals surface area contributed by atoms with Gasteiger partial charge in [0.1, 0.15) is 5.82 Å². The Morgan fingerprint density at radius 2 is 1.63 bits per heavy atom. The minimum atomic E-state index is -3.47. The van der Waals surface area contributed by atoms with Gasteiger partial charge in [-0.1, -0.05) is 24.0 Å². The molecular formula is C22H21FN2O4S. The van der Waals surface area contributed by atoms with Gasteiger partial charge in [-0.05, 0) is 42.0 Å². The van der Waals surface area contributed by atoms with Crippen LogP contribution in [0, 0.1) is 17.7 Å². The minimum Gasteiger partial charge on any atom is -0.394 e. The molecule has 0 unspecified atom stereocenters. The first-order valence-electron chi connectivity index (χ1n) is 9.52. The largest absolute Gasteiger partial charge is 0.394 e. The SMILES string of the molecule is CS(=O)(=O)N1CC(=O)N2[C@H](C1)[C@@H](c1ccc(C#Cc3ccc(F)cc3)cc1)[C@@H]2CO. The normalized spacial score (nSPS) is 23.9. The van der Waals surface area contributed by atoms with E-state index in [1.807, 2.05) is 24.3 Å². The lowest BCUT2D eigenvalue weighted by atomic mass is 9.74. The summed E-state index contributed by atoms with van der Waals surface area (Å²) < 4.78 is 38.0. The maximum absolute atomic E-state index is 13.0. The molecule has 0 saturated carbocycles. The van der Waals surface area contributed by atoms with Gasteiger partial charge >= 0.3 is 0 Å². The number of piperazine rings is 1. The molecule has 2 aliphatic heterocycles. The summed E-state index contributed by atoms with van der Waals surface area (Å²) in [5.74, 6) is 5.25. The van der Waals surface area contributed by atoms with Crippen molar-refractivity contribution in [1.29, 1.82) is 0 Å². The second-order valence-corrected chi connectivity index (χ2v) is 9.56. The molecule has 2 fully saturated rings. The average molecular weight is 428 g/mol. The fraction of sp³-hybridized carbons (Fsp3) is 0.318. The highest BCUT2D eigenvalue weighted by Crippen LogP contribution is 2.43. The summed E-state index contributed by atoms with van der Waals surface area (Å²) in [6, 6.07) is 12.8. The number of carbonyl (C=O) groups excluding carboxylic acids is 1. The first kappa shape index (κ1) is 20.5. The Labute approximate surface area is 175 Å². The molecule has 1 amide bonds. The summed E-state index contributed by atoms with van der Waals surface area (Å²) in [5, 5.41) is 9.81. The van der Waals surface area contributed by atoms with Crippen LogP contribution in [0.25, 0.3) is 0 Å². The molecule has 0 bridgehead atoms. The van der Waals surface area contributed by atoms with E-state index in [0.29, 0.717) is 5.56 Å². The van der Waals surface area contributed by atoms with Crippen LogP contribution >= 0.6 is 0 Å². The number of aliphatic hydroxyl groups excluding tert-OH is 1. The molecule has 1 N–H and O–H groups in total. The predicted molar refractivity (Wildman–Crippen MR) is 109 cm³/mol. The quantitative estimate of drug-likeness (QED) is 0.745. The minimum absolute atomic E-state index is 0.150. The first-order valence-corrected chi connectivity index (χ1v) is 11.4. The van der Waals surface area contributed by atoms with E-state index in [2.05, 4.69) is 11.8 Å². The fourth-order valence-corrected chi connectivity index (χ4v) is 4.96. The third-order valence-corrected chi connectivity index (χ3v) is 6.90. The number of carbonyl (C=O) groups is 1. The highest BCUT2D eigenvalue weighted by molar-refractivity contribution is 7.88. The second kappa shape index (κ2) is 7.84. The lowest BCUT2D eigenvalue weighted by Gasteiger charge is -2.58. The van der Waals surface area contributed by atoms with Crippen LogP contribution in [0.2, 0.25) is 0 Å². The Kier molecular flexibility index (Phi) is 5.36. The topological polar surface area (TPSA) is 77.9 Å². The predicted octanol–water partition coefficient (Wildman–Crippen LogP) is 1.16. The van der Waals surface area contributed by atoms with Gasteiger partial charge in [0.05, 0.1) is 31.5 Å². The van der Waals surface area contributed by atoms with E-state index >= 15 is 0 Å². The Morgan fingerprint density at radius 3 is 2.17 bits per heavy atom. The molecular weight excluding hydrogens is 407 g/mol. The number of hydrogen-bond acceptors (Lipinski definition) is 4. The van der Waals surface area contributed by atoms with Crippen LogP contribution in [0.4, 0.5) is 4.39 Å². The van der Waals surface area contributed by atoms with E-state index < -0.39 is 10.0 Å². The molecule has 2 saturated heterocycles. The number of sulfonamides is 1. The van der Waals surface area contributed by atoms with Gasteiger partial charge in [-0.15, -0.1) is 0 Å². The molecule has 30 heavy (non-hydrogen) atoms. The van der Waals surface area contributed by atoms with Crippen LogP contribution in [-0.2, 0) is 14.8 Å². The third kappa shape index (κ3) is 3.84.